The minimum Gasteiger partial charge on any atom is -0.492 e. The Hall–Kier alpha value is -0.630. The Bertz CT molecular complexity index is 191. The van der Waals surface area contributed by atoms with E-state index < -0.39 is 0 Å². The molecule has 0 aromatic carbocycles. The third-order valence-corrected chi connectivity index (χ3v) is 1.59. The first kappa shape index (κ1) is 7.48. The predicted molar refractivity (Wildman–Crippen MR) is 45.7 cm³/mol. The molecule has 0 aliphatic heterocycles. The van der Waals surface area contributed by atoms with Crippen LogP contribution >= 0.6 is 12.2 Å². The van der Waals surface area contributed by atoms with Crippen LogP contribution in [0.2, 0.25) is 0 Å². The lowest BCUT2D eigenvalue weighted by atomic mass is 10.1. The van der Waals surface area contributed by atoms with E-state index in [1.165, 1.54) is 0 Å². The highest BCUT2D eigenvalue weighted by atomic mass is 32.1. The molecule has 1 radical (unpaired) electrons. The molecule has 2 heteroatoms. The number of ether oxygens (including phenoxy) is 1. The smallest absolute Gasteiger partial charge is 0.133 e. The minimum atomic E-state index is 0.444. The normalized spacial score (nSPS) is 16.9. The molecule has 0 fully saturated rings. The minimum absolute atomic E-state index is 0.444. The summed E-state index contributed by atoms with van der Waals surface area (Å²) in [6, 6.07) is 0. The van der Waals surface area contributed by atoms with Crippen LogP contribution in [0.15, 0.2) is 24.0 Å². The molecule has 0 bridgehead atoms. The molecular weight excluding hydrogens is 144 g/mol. The van der Waals surface area contributed by atoms with Gasteiger partial charge in [0.05, 0.1) is 11.5 Å². The molecule has 0 spiro atoms. The lowest BCUT2D eigenvalue weighted by molar-refractivity contribution is 0.267. The summed E-state index contributed by atoms with van der Waals surface area (Å²) < 4.78 is 5.15. The fraction of sp³-hybridized carbons (Fsp3) is 0.250. The van der Waals surface area contributed by atoms with E-state index in [1.807, 2.05) is 18.2 Å². The summed E-state index contributed by atoms with van der Waals surface area (Å²) in [6.45, 7) is 4.01. The van der Waals surface area contributed by atoms with Crippen molar-refractivity contribution in [2.24, 2.45) is 0 Å². The number of thiocarbonyl (C=S) groups is 1. The van der Waals surface area contributed by atoms with Gasteiger partial charge < -0.3 is 4.74 Å². The maximum absolute atomic E-state index is 5.15. The molecule has 0 saturated heterocycles. The maximum atomic E-state index is 5.15. The van der Waals surface area contributed by atoms with Crippen molar-refractivity contribution < 1.29 is 4.74 Å². The molecule has 0 N–H and O–H groups in total. The van der Waals surface area contributed by atoms with E-state index in [1.54, 1.807) is 0 Å². The van der Waals surface area contributed by atoms with Gasteiger partial charge in [0.25, 0.3) is 0 Å². The Morgan fingerprint density at radius 1 is 1.70 bits per heavy atom. The van der Waals surface area contributed by atoms with Crippen LogP contribution in [0.1, 0.15) is 6.42 Å². The lowest BCUT2D eigenvalue weighted by Crippen LogP contribution is -2.04. The summed E-state index contributed by atoms with van der Waals surface area (Å²) >= 11 is 5.02. The Balaban J connectivity index is 2.61. The highest BCUT2D eigenvalue weighted by molar-refractivity contribution is 7.80. The van der Waals surface area contributed by atoms with Crippen molar-refractivity contribution in [3.05, 3.63) is 30.9 Å². The Labute approximate surface area is 66.4 Å². The third kappa shape index (κ3) is 1.67. The van der Waals surface area contributed by atoms with Gasteiger partial charge in [0.15, 0.2) is 0 Å². The zero-order valence-electron chi connectivity index (χ0n) is 5.67. The molecule has 53 valence electrons. The highest BCUT2D eigenvalue weighted by Crippen LogP contribution is 2.10. The summed E-state index contributed by atoms with van der Waals surface area (Å²) in [5.74, 6) is 0.799. The van der Waals surface area contributed by atoms with Gasteiger partial charge in [-0.1, -0.05) is 24.4 Å². The molecule has 1 aliphatic rings. The molecule has 0 heterocycles. The first-order valence-corrected chi connectivity index (χ1v) is 3.57. The molecule has 1 nitrogen and oxygen atoms in total. The SMILES string of the molecule is [CH2]COC1=CC=CCC1=S. The van der Waals surface area contributed by atoms with E-state index in [2.05, 4.69) is 6.92 Å². The second-order valence-electron chi connectivity index (χ2n) is 1.93. The summed E-state index contributed by atoms with van der Waals surface area (Å²) in [4.78, 5) is 0.867. The van der Waals surface area contributed by atoms with Gasteiger partial charge >= 0.3 is 0 Å². The number of hydrogen-bond acceptors (Lipinski definition) is 2. The number of rotatable bonds is 2. The van der Waals surface area contributed by atoms with Crippen molar-refractivity contribution >= 4 is 17.1 Å². The van der Waals surface area contributed by atoms with Gasteiger partial charge in [0.1, 0.15) is 5.76 Å². The molecule has 0 unspecified atom stereocenters. The van der Waals surface area contributed by atoms with Gasteiger partial charge in [-0.3, -0.25) is 0 Å². The van der Waals surface area contributed by atoms with Crippen LogP contribution in [0.25, 0.3) is 0 Å². The van der Waals surface area contributed by atoms with Crippen molar-refractivity contribution in [3.63, 3.8) is 0 Å². The fourth-order valence-corrected chi connectivity index (χ4v) is 0.986. The summed E-state index contributed by atoms with van der Waals surface area (Å²) in [7, 11) is 0. The van der Waals surface area contributed by atoms with E-state index >= 15 is 0 Å². The van der Waals surface area contributed by atoms with E-state index in [0.717, 1.165) is 17.0 Å². The van der Waals surface area contributed by atoms with Gasteiger partial charge in [-0.05, 0) is 13.0 Å². The molecular formula is C8H9OS. The molecule has 0 amide bonds. The monoisotopic (exact) mass is 153 g/mol. The molecule has 10 heavy (non-hydrogen) atoms. The van der Waals surface area contributed by atoms with Crippen LogP contribution in [0.3, 0.4) is 0 Å². The van der Waals surface area contributed by atoms with Crippen molar-refractivity contribution in [1.29, 1.82) is 0 Å². The van der Waals surface area contributed by atoms with E-state index in [4.69, 9.17) is 17.0 Å². The van der Waals surface area contributed by atoms with Gasteiger partial charge in [-0.2, -0.15) is 0 Å². The molecule has 0 aromatic heterocycles. The number of allylic oxidation sites excluding steroid dienone is 4. The molecule has 0 atom stereocenters. The van der Waals surface area contributed by atoms with Crippen molar-refractivity contribution in [2.45, 2.75) is 6.42 Å². The van der Waals surface area contributed by atoms with E-state index in [0.29, 0.717) is 6.61 Å². The average Bonchev–Trinajstić information content (AvgIpc) is 1.94. The van der Waals surface area contributed by atoms with Crippen molar-refractivity contribution in [1.82, 2.24) is 0 Å². The van der Waals surface area contributed by atoms with Crippen LogP contribution in [0.5, 0.6) is 0 Å². The standard InChI is InChI=1S/C8H9OS/c1-2-9-7-5-3-4-6-8(7)10/h3-5H,1-2,6H2. The zero-order chi connectivity index (χ0) is 7.40. The lowest BCUT2D eigenvalue weighted by Gasteiger charge is -2.09. The second-order valence-corrected chi connectivity index (χ2v) is 2.43. The van der Waals surface area contributed by atoms with Crippen molar-refractivity contribution in [2.75, 3.05) is 6.61 Å². The van der Waals surface area contributed by atoms with Crippen molar-refractivity contribution in [3.8, 4) is 0 Å². The summed E-state index contributed by atoms with van der Waals surface area (Å²) in [5, 5.41) is 0. The first-order valence-electron chi connectivity index (χ1n) is 3.16. The third-order valence-electron chi connectivity index (χ3n) is 1.22. The van der Waals surface area contributed by atoms with E-state index in [9.17, 15) is 0 Å². The molecule has 0 aromatic rings. The Kier molecular flexibility index (Phi) is 2.63. The zero-order valence-corrected chi connectivity index (χ0v) is 6.49. The van der Waals surface area contributed by atoms with Gasteiger partial charge in [0, 0.05) is 6.42 Å². The quantitative estimate of drug-likeness (QED) is 0.561. The van der Waals surface area contributed by atoms with Crippen LogP contribution < -0.4 is 0 Å². The van der Waals surface area contributed by atoms with Crippen LogP contribution in [0, 0.1) is 6.92 Å². The second kappa shape index (κ2) is 3.52. The summed E-state index contributed by atoms with van der Waals surface area (Å²) in [5.41, 5.74) is 0. The van der Waals surface area contributed by atoms with Crippen LogP contribution in [-0.2, 0) is 4.74 Å². The fourth-order valence-electron chi connectivity index (χ4n) is 0.763. The van der Waals surface area contributed by atoms with Gasteiger partial charge in [-0.25, -0.2) is 0 Å². The van der Waals surface area contributed by atoms with Gasteiger partial charge in [-0.15, -0.1) is 0 Å². The van der Waals surface area contributed by atoms with E-state index in [-0.39, 0.29) is 0 Å². The molecule has 1 rings (SSSR count). The predicted octanol–water partition coefficient (Wildman–Crippen LogP) is 2.05. The Morgan fingerprint density at radius 3 is 3.10 bits per heavy atom. The highest BCUT2D eigenvalue weighted by Gasteiger charge is 2.05. The number of hydrogen-bond donors (Lipinski definition) is 0. The topological polar surface area (TPSA) is 9.23 Å². The average molecular weight is 153 g/mol. The first-order chi connectivity index (χ1) is 4.84. The summed E-state index contributed by atoms with van der Waals surface area (Å²) in [6.07, 6.45) is 6.65. The van der Waals surface area contributed by atoms with Crippen LogP contribution in [-0.4, -0.2) is 11.5 Å². The molecule has 1 aliphatic carbocycles. The maximum Gasteiger partial charge on any atom is 0.133 e. The largest absolute Gasteiger partial charge is 0.492 e. The van der Waals surface area contributed by atoms with Gasteiger partial charge in [0.2, 0.25) is 0 Å². The molecule has 0 saturated carbocycles. The Morgan fingerprint density at radius 2 is 2.50 bits per heavy atom. The van der Waals surface area contributed by atoms with Crippen LogP contribution in [0.4, 0.5) is 0 Å².